The maximum Gasteiger partial charge on any atom is 0.327 e. The van der Waals surface area contributed by atoms with Crippen LogP contribution in [0.4, 0.5) is 4.79 Å². The smallest absolute Gasteiger partial charge is 0.327 e. The summed E-state index contributed by atoms with van der Waals surface area (Å²) in [6.45, 7) is 9.97. The van der Waals surface area contributed by atoms with Gasteiger partial charge in [-0.2, -0.15) is 12.6 Å². The van der Waals surface area contributed by atoms with Crippen LogP contribution in [-0.4, -0.2) is 106 Å². The summed E-state index contributed by atoms with van der Waals surface area (Å²) < 4.78 is 0. The fourth-order valence-corrected chi connectivity index (χ4v) is 5.02. The molecule has 36 heavy (non-hydrogen) atoms. The molecule has 1 saturated heterocycles. The zero-order chi connectivity index (χ0) is 28.2. The number of rotatable bonds is 10. The predicted molar refractivity (Wildman–Crippen MR) is 141 cm³/mol. The molecule has 1 fully saturated rings. The molecule has 1 heterocycles. The minimum absolute atomic E-state index is 0.0175. The first-order valence-electron chi connectivity index (χ1n) is 11.6. The van der Waals surface area contributed by atoms with Crippen LogP contribution in [0.5, 0.6) is 0 Å². The molecule has 6 amide bonds. The minimum atomic E-state index is -1.06. The lowest BCUT2D eigenvalue weighted by atomic mass is 9.85. The van der Waals surface area contributed by atoms with Gasteiger partial charge in [-0.15, -0.1) is 0 Å². The van der Waals surface area contributed by atoms with Crippen LogP contribution in [0.15, 0.2) is 0 Å². The van der Waals surface area contributed by atoms with Crippen molar-refractivity contribution >= 4 is 59.2 Å². The molecule has 0 aromatic carbocycles. The molecule has 0 radical (unpaired) electrons. The van der Waals surface area contributed by atoms with E-state index in [1.54, 1.807) is 13.8 Å². The van der Waals surface area contributed by atoms with E-state index in [0.29, 0.717) is 0 Å². The van der Waals surface area contributed by atoms with Crippen molar-refractivity contribution in [3.05, 3.63) is 0 Å². The Morgan fingerprint density at radius 2 is 1.69 bits per heavy atom. The fourth-order valence-electron chi connectivity index (χ4n) is 3.98. The second-order valence-electron chi connectivity index (χ2n) is 10.3. The first-order chi connectivity index (χ1) is 16.4. The first kappa shape index (κ1) is 31.7. The molecule has 1 rings (SSSR count). The number of hydrogen-bond donors (Lipinski definition) is 3. The summed E-state index contributed by atoms with van der Waals surface area (Å²) in [4.78, 5) is 79.5. The van der Waals surface area contributed by atoms with Gasteiger partial charge in [-0.25, -0.2) is 4.79 Å². The lowest BCUT2D eigenvalue weighted by Crippen LogP contribution is -2.59. The van der Waals surface area contributed by atoms with Crippen molar-refractivity contribution in [1.82, 2.24) is 25.3 Å². The fraction of sp³-hybridized carbons (Fsp3) is 0.739. The third kappa shape index (κ3) is 7.15. The second-order valence-corrected chi connectivity index (χ2v) is 12.1. The highest BCUT2D eigenvalue weighted by molar-refractivity contribution is 8.14. The molecular formula is C23H39N5O6S2. The molecule has 0 saturated carbocycles. The van der Waals surface area contributed by atoms with Crippen molar-refractivity contribution in [3.8, 4) is 0 Å². The monoisotopic (exact) mass is 545 g/mol. The van der Waals surface area contributed by atoms with Gasteiger partial charge in [0.1, 0.15) is 17.6 Å². The number of amides is 6. The average molecular weight is 546 g/mol. The standard InChI is InChI=1S/C23H39N5O6S2/c1-13(29)36-15(10-11-28-20(33)23(5,6)27(9)21(28)34)17(30)25-14(12-35)19(32)26(8)16(18(31)24-7)22(2,3)4/h14-16,35H,10-12H2,1-9H3,(H,24,31)(H,25,30)/t14?,15-,16+/m0/s1. The SMILES string of the molecule is CNC(=O)[C@@H](N(C)C(=O)C(CS)NC(=O)[C@H](CCN1C(=O)N(C)C(C)(C)C1=O)SC(C)=O)C(C)(C)C. The molecule has 1 unspecified atom stereocenters. The molecule has 0 aliphatic carbocycles. The summed E-state index contributed by atoms with van der Waals surface area (Å²) in [5.41, 5.74) is -1.59. The Balaban J connectivity index is 3.04. The molecule has 11 nitrogen and oxygen atoms in total. The maximum atomic E-state index is 13.2. The van der Waals surface area contributed by atoms with Gasteiger partial charge in [-0.1, -0.05) is 32.5 Å². The number of imide groups is 1. The Kier molecular flexibility index (Phi) is 10.9. The van der Waals surface area contributed by atoms with Crippen molar-refractivity contribution in [1.29, 1.82) is 0 Å². The van der Waals surface area contributed by atoms with E-state index in [9.17, 15) is 28.8 Å². The lowest BCUT2D eigenvalue weighted by Gasteiger charge is -2.38. The van der Waals surface area contributed by atoms with Gasteiger partial charge in [-0.05, 0) is 25.7 Å². The zero-order valence-electron chi connectivity index (χ0n) is 22.5. The van der Waals surface area contributed by atoms with Gasteiger partial charge in [0.05, 0.1) is 5.25 Å². The first-order valence-corrected chi connectivity index (χ1v) is 13.1. The maximum absolute atomic E-state index is 13.2. The number of nitrogens with one attached hydrogen (secondary N) is 2. The quantitative estimate of drug-likeness (QED) is 0.272. The van der Waals surface area contributed by atoms with E-state index in [4.69, 9.17) is 0 Å². The number of carbonyl (C=O) groups excluding carboxylic acids is 6. The van der Waals surface area contributed by atoms with E-state index < -0.39 is 52.0 Å². The van der Waals surface area contributed by atoms with Gasteiger partial charge in [-0.3, -0.25) is 28.9 Å². The van der Waals surface area contributed by atoms with Crippen molar-refractivity contribution in [2.45, 2.75) is 70.8 Å². The van der Waals surface area contributed by atoms with Gasteiger partial charge >= 0.3 is 6.03 Å². The number of urea groups is 1. The third-order valence-electron chi connectivity index (χ3n) is 6.19. The molecule has 0 aromatic rings. The highest BCUT2D eigenvalue weighted by atomic mass is 32.2. The molecule has 13 heteroatoms. The second kappa shape index (κ2) is 12.3. The van der Waals surface area contributed by atoms with Crippen molar-refractivity contribution < 1.29 is 28.8 Å². The Morgan fingerprint density at radius 1 is 1.14 bits per heavy atom. The van der Waals surface area contributed by atoms with Gasteiger partial charge in [0.15, 0.2) is 5.12 Å². The molecule has 3 atom stereocenters. The molecule has 0 spiro atoms. The van der Waals surface area contributed by atoms with Gasteiger partial charge in [0.25, 0.3) is 5.91 Å². The van der Waals surface area contributed by atoms with Crippen LogP contribution in [-0.2, 0) is 24.0 Å². The topological polar surface area (TPSA) is 136 Å². The highest BCUT2D eigenvalue weighted by Crippen LogP contribution is 2.28. The largest absolute Gasteiger partial charge is 0.357 e. The predicted octanol–water partition coefficient (Wildman–Crippen LogP) is 0.731. The van der Waals surface area contributed by atoms with E-state index in [-0.39, 0.29) is 29.7 Å². The lowest BCUT2D eigenvalue weighted by molar-refractivity contribution is -0.144. The zero-order valence-corrected chi connectivity index (χ0v) is 24.2. The molecular weight excluding hydrogens is 506 g/mol. The Hall–Kier alpha value is -2.28. The molecule has 0 bridgehead atoms. The Morgan fingerprint density at radius 3 is 2.08 bits per heavy atom. The van der Waals surface area contributed by atoms with Gasteiger partial charge < -0.3 is 20.4 Å². The van der Waals surface area contributed by atoms with Crippen LogP contribution < -0.4 is 10.6 Å². The highest BCUT2D eigenvalue weighted by Gasteiger charge is 2.49. The third-order valence-corrected chi connectivity index (χ3v) is 7.62. The number of thioether (sulfide) groups is 1. The summed E-state index contributed by atoms with van der Waals surface area (Å²) in [7, 11) is 4.49. The number of hydrogen-bond acceptors (Lipinski definition) is 8. The summed E-state index contributed by atoms with van der Waals surface area (Å²) >= 11 is 4.97. The Bertz CT molecular complexity index is 904. The normalized spacial score (nSPS) is 17.9. The number of carbonyl (C=O) groups is 6. The van der Waals surface area contributed by atoms with Crippen LogP contribution >= 0.6 is 24.4 Å². The van der Waals surface area contributed by atoms with Crippen LogP contribution in [0, 0.1) is 5.41 Å². The number of thiol groups is 1. The summed E-state index contributed by atoms with van der Waals surface area (Å²) in [5.74, 6) is -1.90. The summed E-state index contributed by atoms with van der Waals surface area (Å²) in [6, 6.07) is -2.34. The number of likely N-dealkylation sites (N-methyl/N-ethyl adjacent to an activating group) is 3. The molecule has 0 aromatic heterocycles. The van der Waals surface area contributed by atoms with E-state index in [2.05, 4.69) is 23.3 Å². The summed E-state index contributed by atoms with van der Waals surface area (Å²) in [6.07, 6.45) is 0.0175. The van der Waals surface area contributed by atoms with Crippen molar-refractivity contribution in [3.63, 3.8) is 0 Å². The van der Waals surface area contributed by atoms with E-state index in [0.717, 1.165) is 16.7 Å². The van der Waals surface area contributed by atoms with Crippen molar-refractivity contribution in [2.24, 2.45) is 5.41 Å². The van der Waals surface area contributed by atoms with Crippen molar-refractivity contribution in [2.75, 3.05) is 33.4 Å². The molecule has 204 valence electrons. The van der Waals surface area contributed by atoms with Gasteiger partial charge in [0, 0.05) is 40.4 Å². The minimum Gasteiger partial charge on any atom is -0.357 e. The van der Waals surface area contributed by atoms with Crippen LogP contribution in [0.1, 0.15) is 48.0 Å². The van der Waals surface area contributed by atoms with Gasteiger partial charge in [0.2, 0.25) is 17.7 Å². The van der Waals surface area contributed by atoms with Crippen LogP contribution in [0.3, 0.4) is 0 Å². The Labute approximate surface area is 222 Å². The van der Waals surface area contributed by atoms with E-state index >= 15 is 0 Å². The number of nitrogens with zero attached hydrogens (tertiary/aromatic N) is 3. The molecule has 1 aliphatic heterocycles. The summed E-state index contributed by atoms with van der Waals surface area (Å²) in [5, 5.41) is 3.91. The molecule has 1 aliphatic rings. The molecule has 2 N–H and O–H groups in total. The van der Waals surface area contributed by atoms with Crippen LogP contribution in [0.25, 0.3) is 0 Å². The average Bonchev–Trinajstić information content (AvgIpc) is 2.92. The van der Waals surface area contributed by atoms with E-state index in [1.165, 1.54) is 37.9 Å². The van der Waals surface area contributed by atoms with Crippen LogP contribution in [0.2, 0.25) is 0 Å². The van der Waals surface area contributed by atoms with E-state index in [1.807, 2.05) is 20.8 Å².